The van der Waals surface area contributed by atoms with E-state index in [1.165, 1.54) is 0 Å². The van der Waals surface area contributed by atoms with Gasteiger partial charge in [-0.25, -0.2) is 15.0 Å². The highest BCUT2D eigenvalue weighted by Gasteiger charge is 2.32. The van der Waals surface area contributed by atoms with Crippen molar-refractivity contribution in [2.45, 2.75) is 47.5 Å². The summed E-state index contributed by atoms with van der Waals surface area (Å²) in [7, 11) is -3.68. The van der Waals surface area contributed by atoms with Gasteiger partial charge in [0.05, 0.1) is 5.31 Å². The highest BCUT2D eigenvalue weighted by Crippen LogP contribution is 2.57. The molecular formula is C20H27N2O4P. The van der Waals surface area contributed by atoms with Crippen molar-refractivity contribution >= 4 is 13.4 Å². The minimum Gasteiger partial charge on any atom is -0.507 e. The Balaban J connectivity index is 2.37. The lowest BCUT2D eigenvalue weighted by molar-refractivity contribution is 0.322. The van der Waals surface area contributed by atoms with Gasteiger partial charge in [-0.15, -0.1) is 0 Å². The monoisotopic (exact) mass is 390 g/mol. The molecule has 0 aliphatic rings. The SMILES string of the molecule is CC/C=C(\CC)P(=O)(ONc1ncccc1C)Oc1cc(C)c(O)c(C)c1. The molecule has 0 bridgehead atoms. The number of aryl methyl sites for hydroxylation is 3. The lowest BCUT2D eigenvalue weighted by Crippen LogP contribution is -2.08. The van der Waals surface area contributed by atoms with Crippen LogP contribution in [0.5, 0.6) is 11.5 Å². The van der Waals surface area contributed by atoms with Crippen molar-refractivity contribution < 1.29 is 18.8 Å². The molecule has 0 spiro atoms. The van der Waals surface area contributed by atoms with E-state index in [9.17, 15) is 9.67 Å². The van der Waals surface area contributed by atoms with Crippen molar-refractivity contribution in [3.63, 3.8) is 0 Å². The van der Waals surface area contributed by atoms with Crippen molar-refractivity contribution in [2.24, 2.45) is 0 Å². The van der Waals surface area contributed by atoms with Crippen LogP contribution in [0.25, 0.3) is 0 Å². The Morgan fingerprint density at radius 3 is 2.44 bits per heavy atom. The number of nitrogens with one attached hydrogen (secondary N) is 1. The van der Waals surface area contributed by atoms with Crippen molar-refractivity contribution in [1.82, 2.24) is 4.98 Å². The number of hydrogen-bond donors (Lipinski definition) is 2. The standard InChI is InChI=1S/C20H27N2O4P/c1-6-9-18(7-2)27(24,26-22-20-14(3)10-8-11-21-20)25-17-12-15(4)19(23)16(5)13-17/h8-13,23H,6-7H2,1-5H3,(H,21,22)/b18-9+. The van der Waals surface area contributed by atoms with Gasteiger partial charge in [-0.1, -0.05) is 26.0 Å². The lowest BCUT2D eigenvalue weighted by Gasteiger charge is -2.22. The number of aromatic hydroxyl groups is 1. The first-order chi connectivity index (χ1) is 12.8. The van der Waals surface area contributed by atoms with Crippen LogP contribution in [0.1, 0.15) is 43.4 Å². The number of rotatable bonds is 8. The average molecular weight is 390 g/mol. The molecule has 1 aromatic carbocycles. The third-order valence-electron chi connectivity index (χ3n) is 4.12. The molecule has 0 saturated carbocycles. The number of phenols is 1. The predicted octanol–water partition coefficient (Wildman–Crippen LogP) is 6.03. The Bertz CT molecular complexity index is 857. The summed E-state index contributed by atoms with van der Waals surface area (Å²) in [5.41, 5.74) is 4.84. The van der Waals surface area contributed by atoms with E-state index in [-0.39, 0.29) is 5.75 Å². The van der Waals surface area contributed by atoms with Gasteiger partial charge in [0.1, 0.15) is 11.5 Å². The maximum absolute atomic E-state index is 13.6. The highest BCUT2D eigenvalue weighted by molar-refractivity contribution is 7.58. The smallest absolute Gasteiger partial charge is 0.427 e. The molecule has 1 aromatic heterocycles. The van der Waals surface area contributed by atoms with E-state index in [4.69, 9.17) is 9.15 Å². The number of benzene rings is 1. The number of pyridine rings is 1. The third kappa shape index (κ3) is 5.12. The zero-order valence-corrected chi connectivity index (χ0v) is 17.3. The van der Waals surface area contributed by atoms with Crippen LogP contribution in [0.2, 0.25) is 0 Å². The van der Waals surface area contributed by atoms with Gasteiger partial charge in [0.15, 0.2) is 5.82 Å². The van der Waals surface area contributed by atoms with Crippen molar-refractivity contribution in [3.8, 4) is 11.5 Å². The first kappa shape index (κ1) is 21.0. The molecule has 0 amide bonds. The van der Waals surface area contributed by atoms with Gasteiger partial charge in [0.2, 0.25) is 0 Å². The Labute approximate surface area is 160 Å². The van der Waals surface area contributed by atoms with Crippen LogP contribution < -0.4 is 10.0 Å². The second-order valence-corrected chi connectivity index (χ2v) is 8.25. The molecule has 1 atom stereocenters. The molecule has 2 aromatic rings. The second-order valence-electron chi connectivity index (χ2n) is 6.31. The number of allylic oxidation sites excluding steroid dienone is 2. The summed E-state index contributed by atoms with van der Waals surface area (Å²) in [6.07, 6.45) is 4.70. The second kappa shape index (κ2) is 9.07. The molecule has 1 heterocycles. The Morgan fingerprint density at radius 2 is 1.89 bits per heavy atom. The molecule has 7 heteroatoms. The quantitative estimate of drug-likeness (QED) is 0.423. The molecule has 0 fully saturated rings. The van der Waals surface area contributed by atoms with Crippen LogP contribution >= 0.6 is 7.60 Å². The number of aromatic nitrogens is 1. The minimum absolute atomic E-state index is 0.195. The summed E-state index contributed by atoms with van der Waals surface area (Å²) in [5, 5.41) is 10.5. The van der Waals surface area contributed by atoms with E-state index in [0.29, 0.717) is 40.9 Å². The van der Waals surface area contributed by atoms with Crippen LogP contribution in [0, 0.1) is 20.8 Å². The highest BCUT2D eigenvalue weighted by atomic mass is 31.2. The molecule has 2 N–H and O–H groups in total. The van der Waals surface area contributed by atoms with E-state index in [2.05, 4.69) is 10.5 Å². The Kier molecular flexibility index (Phi) is 7.05. The predicted molar refractivity (Wildman–Crippen MR) is 108 cm³/mol. The van der Waals surface area contributed by atoms with E-state index in [0.717, 1.165) is 5.56 Å². The van der Waals surface area contributed by atoms with Gasteiger partial charge in [0.25, 0.3) is 0 Å². The summed E-state index contributed by atoms with van der Waals surface area (Å²) in [5.74, 6) is 1.05. The summed E-state index contributed by atoms with van der Waals surface area (Å²) < 4.78 is 25.1. The van der Waals surface area contributed by atoms with Crippen LogP contribution in [-0.4, -0.2) is 10.1 Å². The van der Waals surface area contributed by atoms with Crippen molar-refractivity contribution in [3.05, 3.63) is 58.5 Å². The molecule has 0 aliphatic heterocycles. The fraction of sp³-hybridized carbons (Fsp3) is 0.350. The maximum atomic E-state index is 13.6. The summed E-state index contributed by atoms with van der Waals surface area (Å²) in [6, 6.07) is 6.97. The van der Waals surface area contributed by atoms with Gasteiger partial charge in [-0.05, 0) is 68.5 Å². The van der Waals surface area contributed by atoms with Crippen LogP contribution in [-0.2, 0) is 9.19 Å². The molecule has 6 nitrogen and oxygen atoms in total. The normalized spacial score (nSPS) is 13.9. The molecule has 0 aliphatic carbocycles. The Hall–Kier alpha value is -2.30. The molecular weight excluding hydrogens is 363 g/mol. The first-order valence-electron chi connectivity index (χ1n) is 8.96. The summed E-state index contributed by atoms with van der Waals surface area (Å²) in [6.45, 7) is 9.27. The van der Waals surface area contributed by atoms with Crippen LogP contribution in [0.4, 0.5) is 5.82 Å². The number of hydrogen-bond acceptors (Lipinski definition) is 6. The van der Waals surface area contributed by atoms with Gasteiger partial charge in [-0.2, -0.15) is 4.62 Å². The number of anilines is 1. The molecule has 1 unspecified atom stereocenters. The summed E-state index contributed by atoms with van der Waals surface area (Å²) in [4.78, 5) is 4.19. The van der Waals surface area contributed by atoms with Crippen LogP contribution in [0.15, 0.2) is 41.9 Å². The minimum atomic E-state index is -3.68. The number of phenolic OH excluding ortho intramolecular Hbond substituents is 1. The van der Waals surface area contributed by atoms with Crippen LogP contribution in [0.3, 0.4) is 0 Å². The van der Waals surface area contributed by atoms with E-state index < -0.39 is 7.60 Å². The van der Waals surface area contributed by atoms with E-state index in [1.807, 2.05) is 39.0 Å². The van der Waals surface area contributed by atoms with E-state index >= 15 is 0 Å². The molecule has 0 saturated heterocycles. The largest absolute Gasteiger partial charge is 0.507 e. The molecule has 27 heavy (non-hydrogen) atoms. The van der Waals surface area contributed by atoms with Crippen molar-refractivity contribution in [1.29, 1.82) is 0 Å². The third-order valence-corrected chi connectivity index (χ3v) is 6.10. The fourth-order valence-corrected chi connectivity index (χ4v) is 4.28. The first-order valence-corrected chi connectivity index (χ1v) is 10.5. The average Bonchev–Trinajstić information content (AvgIpc) is 2.63. The zero-order valence-electron chi connectivity index (χ0n) is 16.4. The van der Waals surface area contributed by atoms with Gasteiger partial charge in [-0.3, -0.25) is 0 Å². The fourth-order valence-electron chi connectivity index (χ4n) is 2.62. The van der Waals surface area contributed by atoms with Gasteiger partial charge >= 0.3 is 7.60 Å². The molecule has 146 valence electrons. The van der Waals surface area contributed by atoms with E-state index in [1.54, 1.807) is 32.2 Å². The van der Waals surface area contributed by atoms with Crippen molar-refractivity contribution in [2.75, 3.05) is 5.48 Å². The van der Waals surface area contributed by atoms with Gasteiger partial charge in [0, 0.05) is 6.20 Å². The topological polar surface area (TPSA) is 80.7 Å². The molecule has 2 rings (SSSR count). The molecule has 0 radical (unpaired) electrons. The maximum Gasteiger partial charge on any atom is 0.427 e. The zero-order chi connectivity index (χ0) is 20.0. The lowest BCUT2D eigenvalue weighted by atomic mass is 10.1. The van der Waals surface area contributed by atoms with Gasteiger partial charge < -0.3 is 9.63 Å². The Morgan fingerprint density at radius 1 is 1.22 bits per heavy atom. The summed E-state index contributed by atoms with van der Waals surface area (Å²) >= 11 is 0. The number of nitrogens with zero attached hydrogens (tertiary/aromatic N) is 1.